The Kier molecular flexibility index (Phi) is 3.35. The fourth-order valence-corrected chi connectivity index (χ4v) is 3.24. The maximum atomic E-state index is 9.83. The van der Waals surface area contributed by atoms with Crippen molar-refractivity contribution in [3.63, 3.8) is 0 Å². The molecule has 2 aliphatic rings. The summed E-state index contributed by atoms with van der Waals surface area (Å²) >= 11 is 0. The van der Waals surface area contributed by atoms with E-state index >= 15 is 0 Å². The van der Waals surface area contributed by atoms with Crippen molar-refractivity contribution in [2.75, 3.05) is 13.1 Å². The van der Waals surface area contributed by atoms with Crippen molar-refractivity contribution < 1.29 is 5.11 Å². The molecule has 0 radical (unpaired) electrons. The first kappa shape index (κ1) is 12.1. The Balaban J connectivity index is 1.89. The molecule has 18 heavy (non-hydrogen) atoms. The summed E-state index contributed by atoms with van der Waals surface area (Å²) in [7, 11) is 0. The third-order valence-corrected chi connectivity index (χ3v) is 4.27. The maximum absolute atomic E-state index is 9.83. The number of hydrogen-bond acceptors (Lipinski definition) is 4. The zero-order valence-corrected chi connectivity index (χ0v) is 11.0. The van der Waals surface area contributed by atoms with Crippen LogP contribution in [0.5, 0.6) is 0 Å². The molecule has 0 bridgehead atoms. The molecular formula is C13H22N4O. The highest BCUT2D eigenvalue weighted by Crippen LogP contribution is 2.31. The molecule has 100 valence electrons. The number of rotatable bonds is 2. The van der Waals surface area contributed by atoms with Crippen LogP contribution in [0.4, 0.5) is 0 Å². The highest BCUT2D eigenvalue weighted by atomic mass is 16.3. The quantitative estimate of drug-likeness (QED) is 0.855. The van der Waals surface area contributed by atoms with E-state index in [1.807, 2.05) is 0 Å². The van der Waals surface area contributed by atoms with Crippen molar-refractivity contribution in [3.05, 3.63) is 11.6 Å². The van der Waals surface area contributed by atoms with Gasteiger partial charge in [-0.05, 0) is 32.4 Å². The second kappa shape index (κ2) is 4.97. The van der Waals surface area contributed by atoms with Crippen LogP contribution in [0, 0.1) is 0 Å². The van der Waals surface area contributed by atoms with Gasteiger partial charge in [-0.1, -0.05) is 13.3 Å². The van der Waals surface area contributed by atoms with Crippen LogP contribution in [-0.4, -0.2) is 44.0 Å². The Hall–Kier alpha value is -0.940. The molecule has 3 heterocycles. The highest BCUT2D eigenvalue weighted by molar-refractivity contribution is 5.06. The van der Waals surface area contributed by atoms with Crippen LogP contribution < -0.4 is 0 Å². The normalized spacial score (nSPS) is 29.2. The number of hydrogen-bond donors (Lipinski definition) is 1. The minimum Gasteiger partial charge on any atom is -0.391 e. The number of nitrogens with zero attached hydrogens (tertiary/aromatic N) is 4. The van der Waals surface area contributed by atoms with Gasteiger partial charge in [0.1, 0.15) is 5.82 Å². The van der Waals surface area contributed by atoms with Crippen molar-refractivity contribution in [2.45, 2.75) is 57.7 Å². The summed E-state index contributed by atoms with van der Waals surface area (Å²) in [5.74, 6) is 2.13. The van der Waals surface area contributed by atoms with E-state index < -0.39 is 0 Å². The molecule has 2 unspecified atom stereocenters. The second-order valence-corrected chi connectivity index (χ2v) is 5.42. The van der Waals surface area contributed by atoms with Crippen LogP contribution in [-0.2, 0) is 13.0 Å². The summed E-state index contributed by atoms with van der Waals surface area (Å²) in [6, 6.07) is 0.398. The van der Waals surface area contributed by atoms with E-state index in [2.05, 4.69) is 26.6 Å². The van der Waals surface area contributed by atoms with E-state index in [9.17, 15) is 5.11 Å². The molecule has 5 nitrogen and oxygen atoms in total. The number of aryl methyl sites for hydroxylation is 1. The SMILES string of the molecule is CCN1CCCCC1c1nnc2n1CC(O)CC2. The van der Waals surface area contributed by atoms with Gasteiger partial charge in [0.25, 0.3) is 0 Å². The van der Waals surface area contributed by atoms with Crippen LogP contribution in [0.2, 0.25) is 0 Å². The lowest BCUT2D eigenvalue weighted by molar-refractivity contribution is 0.115. The predicted octanol–water partition coefficient (Wildman–Crippen LogP) is 1.13. The number of fused-ring (bicyclic) bond motifs is 1. The minimum atomic E-state index is -0.231. The van der Waals surface area contributed by atoms with Gasteiger partial charge in [-0.3, -0.25) is 4.90 Å². The fraction of sp³-hybridized carbons (Fsp3) is 0.846. The van der Waals surface area contributed by atoms with Gasteiger partial charge >= 0.3 is 0 Å². The van der Waals surface area contributed by atoms with Gasteiger partial charge in [-0.2, -0.15) is 0 Å². The second-order valence-electron chi connectivity index (χ2n) is 5.42. The van der Waals surface area contributed by atoms with E-state index in [1.165, 1.54) is 19.3 Å². The van der Waals surface area contributed by atoms with Gasteiger partial charge in [0.2, 0.25) is 0 Å². The summed E-state index contributed by atoms with van der Waals surface area (Å²) in [6.07, 6.45) is 5.17. The molecule has 1 fully saturated rings. The average molecular weight is 250 g/mol. The standard InChI is InChI=1S/C13H22N4O/c1-2-16-8-4-3-5-11(16)13-15-14-12-7-6-10(18)9-17(12)13/h10-11,18H,2-9H2,1H3. The third-order valence-electron chi connectivity index (χ3n) is 4.27. The molecule has 1 N–H and O–H groups in total. The van der Waals surface area contributed by atoms with E-state index in [0.717, 1.165) is 37.6 Å². The van der Waals surface area contributed by atoms with Gasteiger partial charge in [-0.15, -0.1) is 10.2 Å². The van der Waals surface area contributed by atoms with Gasteiger partial charge < -0.3 is 9.67 Å². The maximum Gasteiger partial charge on any atom is 0.150 e. The van der Waals surface area contributed by atoms with E-state index in [1.54, 1.807) is 0 Å². The van der Waals surface area contributed by atoms with Crippen LogP contribution >= 0.6 is 0 Å². The number of likely N-dealkylation sites (tertiary alicyclic amines) is 1. The Bertz CT molecular complexity index is 417. The van der Waals surface area contributed by atoms with Gasteiger partial charge in [-0.25, -0.2) is 0 Å². The van der Waals surface area contributed by atoms with Crippen LogP contribution in [0.25, 0.3) is 0 Å². The third kappa shape index (κ3) is 2.06. The predicted molar refractivity (Wildman–Crippen MR) is 68.2 cm³/mol. The molecule has 3 rings (SSSR count). The molecule has 1 aromatic heterocycles. The highest BCUT2D eigenvalue weighted by Gasteiger charge is 2.30. The molecule has 5 heteroatoms. The first-order valence-electron chi connectivity index (χ1n) is 7.13. The molecule has 0 aliphatic carbocycles. The topological polar surface area (TPSA) is 54.2 Å². The van der Waals surface area contributed by atoms with Crippen molar-refractivity contribution in [2.24, 2.45) is 0 Å². The zero-order valence-electron chi connectivity index (χ0n) is 11.0. The Morgan fingerprint density at radius 2 is 2.17 bits per heavy atom. The zero-order chi connectivity index (χ0) is 12.5. The fourth-order valence-electron chi connectivity index (χ4n) is 3.24. The van der Waals surface area contributed by atoms with Crippen LogP contribution in [0.3, 0.4) is 0 Å². The summed E-state index contributed by atoms with van der Waals surface area (Å²) in [5, 5.41) is 18.6. The minimum absolute atomic E-state index is 0.231. The molecule has 2 aliphatic heterocycles. The Morgan fingerprint density at radius 1 is 1.28 bits per heavy atom. The monoisotopic (exact) mass is 250 g/mol. The summed E-state index contributed by atoms with van der Waals surface area (Å²) in [4.78, 5) is 2.49. The van der Waals surface area contributed by atoms with E-state index in [4.69, 9.17) is 0 Å². The molecule has 0 amide bonds. The van der Waals surface area contributed by atoms with E-state index in [0.29, 0.717) is 12.6 Å². The smallest absolute Gasteiger partial charge is 0.150 e. The van der Waals surface area contributed by atoms with Gasteiger partial charge in [0, 0.05) is 6.42 Å². The average Bonchev–Trinajstić information content (AvgIpc) is 2.81. The van der Waals surface area contributed by atoms with Gasteiger partial charge in [0.15, 0.2) is 5.82 Å². The first-order valence-corrected chi connectivity index (χ1v) is 7.13. The number of piperidine rings is 1. The van der Waals surface area contributed by atoms with Crippen molar-refractivity contribution in [3.8, 4) is 0 Å². The van der Waals surface area contributed by atoms with E-state index in [-0.39, 0.29) is 6.10 Å². The molecule has 1 saturated heterocycles. The van der Waals surface area contributed by atoms with Crippen LogP contribution in [0.15, 0.2) is 0 Å². The van der Waals surface area contributed by atoms with Crippen molar-refractivity contribution >= 4 is 0 Å². The molecule has 0 saturated carbocycles. The Labute approximate surface area is 108 Å². The van der Waals surface area contributed by atoms with Crippen molar-refractivity contribution in [1.29, 1.82) is 0 Å². The number of aliphatic hydroxyl groups excluding tert-OH is 1. The lowest BCUT2D eigenvalue weighted by Gasteiger charge is -2.35. The number of aromatic nitrogens is 3. The van der Waals surface area contributed by atoms with Crippen LogP contribution in [0.1, 0.15) is 50.3 Å². The molecule has 0 aromatic carbocycles. The Morgan fingerprint density at radius 3 is 3.00 bits per heavy atom. The number of aliphatic hydroxyl groups is 1. The molecule has 1 aromatic rings. The molecule has 2 atom stereocenters. The lowest BCUT2D eigenvalue weighted by Crippen LogP contribution is -2.36. The molecular weight excluding hydrogens is 228 g/mol. The van der Waals surface area contributed by atoms with Gasteiger partial charge in [0.05, 0.1) is 18.7 Å². The summed E-state index contributed by atoms with van der Waals surface area (Å²) in [6.45, 7) is 5.10. The van der Waals surface area contributed by atoms with Crippen molar-refractivity contribution in [1.82, 2.24) is 19.7 Å². The largest absolute Gasteiger partial charge is 0.391 e. The molecule has 0 spiro atoms. The lowest BCUT2D eigenvalue weighted by atomic mass is 10.0. The first-order chi connectivity index (χ1) is 8.79. The summed E-state index contributed by atoms with van der Waals surface area (Å²) in [5.41, 5.74) is 0. The summed E-state index contributed by atoms with van der Waals surface area (Å²) < 4.78 is 2.16.